The van der Waals surface area contributed by atoms with Crippen LogP contribution in [-0.4, -0.2) is 10.1 Å². The molecule has 0 unspecified atom stereocenters. The highest BCUT2D eigenvalue weighted by Crippen LogP contribution is 2.43. The second kappa shape index (κ2) is 8.63. The van der Waals surface area contributed by atoms with E-state index in [9.17, 15) is 0 Å². The zero-order chi connectivity index (χ0) is 23.0. The topological polar surface area (TPSA) is 84.8 Å². The molecule has 0 radical (unpaired) electrons. The van der Waals surface area contributed by atoms with E-state index in [1.54, 1.807) is 0 Å². The zero-order valence-corrected chi connectivity index (χ0v) is 19.7. The molecule has 1 saturated carbocycles. The molecule has 5 nitrogen and oxygen atoms in total. The number of fused-ring (bicyclic) bond motifs is 2. The summed E-state index contributed by atoms with van der Waals surface area (Å²) in [6.07, 6.45) is 8.17. The zero-order valence-electron chi connectivity index (χ0n) is 18.9. The second-order valence-electron chi connectivity index (χ2n) is 8.23. The van der Waals surface area contributed by atoms with Gasteiger partial charge in [0.1, 0.15) is 6.20 Å². The fourth-order valence-corrected chi connectivity index (χ4v) is 4.75. The molecule has 2 heterocycles. The number of hydrogen-bond donors (Lipinski definition) is 3. The van der Waals surface area contributed by atoms with Crippen LogP contribution in [0.15, 0.2) is 84.1 Å². The number of hydrogen-bond acceptors (Lipinski definition) is 4. The smallest absolute Gasteiger partial charge is 0.321 e. The Morgan fingerprint density at radius 2 is 1.64 bits per heavy atom. The first-order valence-corrected chi connectivity index (χ1v) is 12.2. The molecule has 0 saturated heterocycles. The van der Waals surface area contributed by atoms with E-state index < -0.39 is 0 Å². The minimum Gasteiger partial charge on any atom is -0.321 e. The summed E-state index contributed by atoms with van der Waals surface area (Å²) in [5.41, 5.74) is 12.7. The maximum absolute atomic E-state index is 6.32. The molecule has 0 bridgehead atoms. The molecule has 0 spiro atoms. The summed E-state index contributed by atoms with van der Waals surface area (Å²) in [5, 5.41) is 11.5. The van der Waals surface area contributed by atoms with Gasteiger partial charge >= 0.3 is 5.65 Å². The third kappa shape index (κ3) is 3.80. The molecular formula is C27H28N5S+. The van der Waals surface area contributed by atoms with Crippen molar-refractivity contribution in [3.63, 3.8) is 0 Å². The molecule has 1 aliphatic rings. The van der Waals surface area contributed by atoms with Crippen LogP contribution in [0.5, 0.6) is 0 Å². The van der Waals surface area contributed by atoms with Crippen molar-refractivity contribution in [2.45, 2.75) is 37.1 Å². The minimum atomic E-state index is -0.107. The van der Waals surface area contributed by atoms with Gasteiger partial charge in [-0.3, -0.25) is 5.14 Å². The van der Waals surface area contributed by atoms with Crippen molar-refractivity contribution in [3.05, 3.63) is 84.8 Å². The molecule has 1 aliphatic carbocycles. The fraction of sp³-hybridized carbons (Fsp3) is 0.185. The Balaban J connectivity index is 0.00000111. The van der Waals surface area contributed by atoms with Gasteiger partial charge in [-0.05, 0) is 63.3 Å². The van der Waals surface area contributed by atoms with Gasteiger partial charge < -0.3 is 5.73 Å². The normalized spacial score (nSPS) is 14.2. The van der Waals surface area contributed by atoms with E-state index in [1.807, 2.05) is 36.8 Å². The van der Waals surface area contributed by atoms with Crippen molar-refractivity contribution in [2.24, 2.45) is 10.9 Å². The monoisotopic (exact) mass is 454 g/mol. The lowest BCUT2D eigenvalue weighted by Crippen LogP contribution is -2.23. The van der Waals surface area contributed by atoms with Crippen LogP contribution in [-0.2, 0) is 5.54 Å². The maximum Gasteiger partial charge on any atom is 0.355 e. The highest BCUT2D eigenvalue weighted by molar-refractivity contribution is 7.97. The molecule has 0 aliphatic heterocycles. The van der Waals surface area contributed by atoms with Crippen LogP contribution in [0.3, 0.4) is 0 Å². The van der Waals surface area contributed by atoms with Gasteiger partial charge in [0.25, 0.3) is 0 Å². The number of H-pyrrole nitrogens is 1. The molecule has 33 heavy (non-hydrogen) atoms. The number of nitrogens with two attached hydrogens (primary N) is 2. The average Bonchev–Trinajstić information content (AvgIpc) is 3.50. The summed E-state index contributed by atoms with van der Waals surface area (Å²) in [5.74, 6) is 0. The molecule has 6 heteroatoms. The van der Waals surface area contributed by atoms with E-state index in [0.717, 1.165) is 56.4 Å². The predicted molar refractivity (Wildman–Crippen MR) is 137 cm³/mol. The standard InChI is InChI=1S/C25H21N5S.C2H6/c26-25(11-12-25)18-7-5-16(6-8-18)17-13-28-24-22(14-29-30(24)15-17)20-9-10-23(31-27)21-4-2-1-3-19(20)21;1-2/h1-10,13-15H,11-12,26-27H2;1-2H3/p+1. The predicted octanol–water partition coefficient (Wildman–Crippen LogP) is 5.58. The fourth-order valence-electron chi connectivity index (χ4n) is 4.30. The number of nitrogens with one attached hydrogen (secondary N) is 1. The largest absolute Gasteiger partial charge is 0.355 e. The Morgan fingerprint density at radius 1 is 0.909 bits per heavy atom. The Morgan fingerprint density at radius 3 is 2.33 bits per heavy atom. The summed E-state index contributed by atoms with van der Waals surface area (Å²) < 4.78 is 1.98. The Kier molecular flexibility index (Phi) is 5.66. The quantitative estimate of drug-likeness (QED) is 0.245. The van der Waals surface area contributed by atoms with E-state index in [4.69, 9.17) is 15.9 Å². The van der Waals surface area contributed by atoms with E-state index in [1.165, 1.54) is 17.5 Å². The van der Waals surface area contributed by atoms with Crippen molar-refractivity contribution in [1.29, 1.82) is 0 Å². The molecular weight excluding hydrogens is 426 g/mol. The third-order valence-electron chi connectivity index (χ3n) is 6.29. The van der Waals surface area contributed by atoms with Gasteiger partial charge in [-0.1, -0.05) is 68.4 Å². The first-order chi connectivity index (χ1) is 16.2. The molecule has 0 atom stereocenters. The Hall–Kier alpha value is -3.19. The molecule has 2 aromatic heterocycles. The van der Waals surface area contributed by atoms with Crippen LogP contribution in [0.25, 0.3) is 38.7 Å². The van der Waals surface area contributed by atoms with Crippen molar-refractivity contribution in [1.82, 2.24) is 10.1 Å². The molecule has 0 amide bonds. The van der Waals surface area contributed by atoms with Crippen LogP contribution in [0.1, 0.15) is 32.3 Å². The molecule has 1 fully saturated rings. The van der Waals surface area contributed by atoms with Crippen LogP contribution >= 0.6 is 11.9 Å². The highest BCUT2D eigenvalue weighted by Gasteiger charge is 2.39. The van der Waals surface area contributed by atoms with Crippen molar-refractivity contribution in [2.75, 3.05) is 0 Å². The van der Waals surface area contributed by atoms with Gasteiger partial charge in [0.2, 0.25) is 0 Å². The summed E-state index contributed by atoms with van der Waals surface area (Å²) in [7, 11) is 0. The van der Waals surface area contributed by atoms with Crippen molar-refractivity contribution >= 4 is 28.4 Å². The minimum absolute atomic E-state index is 0.107. The van der Waals surface area contributed by atoms with Gasteiger partial charge in [0.15, 0.2) is 6.20 Å². The van der Waals surface area contributed by atoms with Crippen molar-refractivity contribution in [3.8, 4) is 22.3 Å². The summed E-state index contributed by atoms with van der Waals surface area (Å²) in [6, 6.07) is 21.1. The lowest BCUT2D eigenvalue weighted by molar-refractivity contribution is -0.578. The van der Waals surface area contributed by atoms with Crippen LogP contribution in [0.2, 0.25) is 0 Å². The number of nitrogens with zero attached hydrogens (tertiary/aromatic N) is 2. The molecule has 166 valence electrons. The van der Waals surface area contributed by atoms with Crippen LogP contribution in [0, 0.1) is 0 Å². The highest BCUT2D eigenvalue weighted by atomic mass is 32.2. The summed E-state index contributed by atoms with van der Waals surface area (Å²) >= 11 is 1.28. The van der Waals surface area contributed by atoms with E-state index in [2.05, 4.69) is 65.9 Å². The van der Waals surface area contributed by atoms with Gasteiger partial charge in [0.05, 0.1) is 17.3 Å². The van der Waals surface area contributed by atoms with Gasteiger partial charge in [0, 0.05) is 10.4 Å². The first-order valence-electron chi connectivity index (χ1n) is 11.3. The number of rotatable bonds is 4. The van der Waals surface area contributed by atoms with Gasteiger partial charge in [-0.25, -0.2) is 5.10 Å². The van der Waals surface area contributed by atoms with E-state index in [0.29, 0.717) is 0 Å². The molecule has 3 aromatic carbocycles. The maximum atomic E-state index is 6.32. The van der Waals surface area contributed by atoms with Crippen molar-refractivity contribution < 1.29 is 4.52 Å². The van der Waals surface area contributed by atoms with Crippen LogP contribution in [0.4, 0.5) is 0 Å². The summed E-state index contributed by atoms with van der Waals surface area (Å²) in [6.45, 7) is 4.00. The number of aromatic nitrogens is 3. The lowest BCUT2D eigenvalue weighted by Gasteiger charge is -2.09. The first kappa shape index (κ1) is 21.6. The van der Waals surface area contributed by atoms with Gasteiger partial charge in [-0.15, -0.1) is 4.52 Å². The van der Waals surface area contributed by atoms with E-state index >= 15 is 0 Å². The molecule has 5 aromatic rings. The second-order valence-corrected chi connectivity index (χ2v) is 8.91. The van der Waals surface area contributed by atoms with Crippen LogP contribution < -0.4 is 15.4 Å². The summed E-state index contributed by atoms with van der Waals surface area (Å²) in [4.78, 5) is 5.87. The number of benzene rings is 3. The molecule has 6 rings (SSSR count). The number of aromatic amines is 1. The molecule has 5 N–H and O–H groups in total. The Bertz CT molecular complexity index is 1430. The van der Waals surface area contributed by atoms with E-state index in [-0.39, 0.29) is 5.54 Å². The van der Waals surface area contributed by atoms with Gasteiger partial charge in [-0.2, -0.15) is 0 Å². The lowest BCUT2D eigenvalue weighted by atomic mass is 10.00. The average molecular weight is 455 g/mol. The Labute approximate surface area is 198 Å². The third-order valence-corrected chi connectivity index (χ3v) is 6.90. The SMILES string of the molecule is CC.NSc1ccc(-c2c[nH][n+]3cc(-c4ccc(C5(N)CC5)cc4)cnc23)c2ccccc12.